The van der Waals surface area contributed by atoms with E-state index >= 15 is 0 Å². The zero-order valence-corrected chi connectivity index (χ0v) is 9.63. The van der Waals surface area contributed by atoms with Crippen molar-refractivity contribution in [3.8, 4) is 5.75 Å². The van der Waals surface area contributed by atoms with Crippen molar-refractivity contribution in [2.75, 3.05) is 0 Å². The van der Waals surface area contributed by atoms with E-state index in [1.165, 1.54) is 12.8 Å². The molecule has 17 heavy (non-hydrogen) atoms. The molecule has 1 aromatic carbocycles. The van der Waals surface area contributed by atoms with Crippen LogP contribution in [0, 0.1) is 0 Å². The zero-order chi connectivity index (χ0) is 12.3. The molecule has 0 spiro atoms. The van der Waals surface area contributed by atoms with E-state index < -0.39 is 12.0 Å². The molecular formula is C13H17NO3. The standard InChI is InChI=1S/C13H17NO3/c14-12(13(15)16)9-5-7-11(8-6-9)17-10-3-1-2-4-10/h5-8,10,12H,1-4,14H2,(H,15,16)/t12-/m0/s1. The molecule has 0 aliphatic heterocycles. The molecule has 0 radical (unpaired) electrons. The number of carboxylic acids is 1. The Morgan fingerprint density at radius 3 is 2.41 bits per heavy atom. The van der Waals surface area contributed by atoms with Gasteiger partial charge in [-0.1, -0.05) is 12.1 Å². The van der Waals surface area contributed by atoms with Crippen LogP contribution in [0.2, 0.25) is 0 Å². The molecule has 0 unspecified atom stereocenters. The van der Waals surface area contributed by atoms with E-state index in [-0.39, 0.29) is 0 Å². The SMILES string of the molecule is N[C@H](C(=O)O)c1ccc(OC2CCCC2)cc1. The fraction of sp³-hybridized carbons (Fsp3) is 0.462. The van der Waals surface area contributed by atoms with E-state index in [1.54, 1.807) is 24.3 Å². The van der Waals surface area contributed by atoms with E-state index in [9.17, 15) is 4.79 Å². The second kappa shape index (κ2) is 5.19. The molecule has 1 aliphatic carbocycles. The first-order valence-corrected chi connectivity index (χ1v) is 5.92. The minimum atomic E-state index is -1.02. The van der Waals surface area contributed by atoms with Crippen LogP contribution in [-0.4, -0.2) is 17.2 Å². The van der Waals surface area contributed by atoms with Gasteiger partial charge in [0.05, 0.1) is 6.10 Å². The monoisotopic (exact) mass is 235 g/mol. The molecule has 2 rings (SSSR count). The number of nitrogens with two attached hydrogens (primary N) is 1. The molecule has 0 heterocycles. The van der Waals surface area contributed by atoms with Crippen LogP contribution in [0.15, 0.2) is 24.3 Å². The van der Waals surface area contributed by atoms with Crippen molar-refractivity contribution >= 4 is 5.97 Å². The molecule has 1 aromatic rings. The van der Waals surface area contributed by atoms with Crippen LogP contribution in [0.3, 0.4) is 0 Å². The average molecular weight is 235 g/mol. The minimum absolute atomic E-state index is 0.314. The van der Waals surface area contributed by atoms with Gasteiger partial charge in [0.2, 0.25) is 0 Å². The molecule has 4 heteroatoms. The van der Waals surface area contributed by atoms with Crippen LogP contribution < -0.4 is 10.5 Å². The van der Waals surface area contributed by atoms with Crippen LogP contribution in [0.5, 0.6) is 5.75 Å². The minimum Gasteiger partial charge on any atom is -0.490 e. The second-order valence-electron chi connectivity index (χ2n) is 4.41. The van der Waals surface area contributed by atoms with Crippen molar-refractivity contribution in [3.05, 3.63) is 29.8 Å². The van der Waals surface area contributed by atoms with Gasteiger partial charge in [-0.3, -0.25) is 4.79 Å². The van der Waals surface area contributed by atoms with Crippen LogP contribution in [0.1, 0.15) is 37.3 Å². The summed E-state index contributed by atoms with van der Waals surface area (Å²) in [5.41, 5.74) is 6.10. The van der Waals surface area contributed by atoms with Gasteiger partial charge in [0.1, 0.15) is 11.8 Å². The number of rotatable bonds is 4. The van der Waals surface area contributed by atoms with Gasteiger partial charge in [0.25, 0.3) is 0 Å². The summed E-state index contributed by atoms with van der Waals surface area (Å²) >= 11 is 0. The Labute approximate surface area is 100 Å². The van der Waals surface area contributed by atoms with Crippen molar-refractivity contribution in [1.29, 1.82) is 0 Å². The van der Waals surface area contributed by atoms with E-state index in [1.807, 2.05) is 0 Å². The number of hydrogen-bond acceptors (Lipinski definition) is 3. The number of benzene rings is 1. The van der Waals surface area contributed by atoms with Crippen molar-refractivity contribution in [3.63, 3.8) is 0 Å². The fourth-order valence-corrected chi connectivity index (χ4v) is 2.09. The van der Waals surface area contributed by atoms with Crippen molar-refractivity contribution in [2.45, 2.75) is 37.8 Å². The lowest BCUT2D eigenvalue weighted by atomic mass is 10.1. The van der Waals surface area contributed by atoms with Gasteiger partial charge in [0.15, 0.2) is 0 Å². The molecule has 92 valence electrons. The van der Waals surface area contributed by atoms with Gasteiger partial charge < -0.3 is 15.6 Å². The molecule has 1 saturated carbocycles. The summed E-state index contributed by atoms with van der Waals surface area (Å²) in [4.78, 5) is 10.7. The third-order valence-corrected chi connectivity index (χ3v) is 3.11. The highest BCUT2D eigenvalue weighted by Gasteiger charge is 2.17. The Kier molecular flexibility index (Phi) is 3.64. The Morgan fingerprint density at radius 2 is 1.88 bits per heavy atom. The quantitative estimate of drug-likeness (QED) is 0.838. The maximum absolute atomic E-state index is 10.7. The van der Waals surface area contributed by atoms with Crippen molar-refractivity contribution in [2.24, 2.45) is 5.73 Å². The van der Waals surface area contributed by atoms with E-state index in [2.05, 4.69) is 0 Å². The summed E-state index contributed by atoms with van der Waals surface area (Å²) in [6.45, 7) is 0. The highest BCUT2D eigenvalue weighted by molar-refractivity contribution is 5.75. The van der Waals surface area contributed by atoms with E-state index in [0.29, 0.717) is 11.7 Å². The second-order valence-corrected chi connectivity index (χ2v) is 4.41. The largest absolute Gasteiger partial charge is 0.490 e. The molecule has 0 bridgehead atoms. The number of hydrogen-bond donors (Lipinski definition) is 2. The molecule has 1 atom stereocenters. The van der Waals surface area contributed by atoms with E-state index in [0.717, 1.165) is 18.6 Å². The molecular weight excluding hydrogens is 218 g/mol. The Balaban J connectivity index is 1.99. The first-order valence-electron chi connectivity index (χ1n) is 5.92. The van der Waals surface area contributed by atoms with Crippen LogP contribution >= 0.6 is 0 Å². The number of ether oxygens (including phenoxy) is 1. The highest BCUT2D eigenvalue weighted by atomic mass is 16.5. The van der Waals surface area contributed by atoms with Gasteiger partial charge in [0, 0.05) is 0 Å². The summed E-state index contributed by atoms with van der Waals surface area (Å²) in [6, 6.07) is 6.04. The van der Waals surface area contributed by atoms with Gasteiger partial charge in [-0.15, -0.1) is 0 Å². The number of carboxylic acid groups (broad SMARTS) is 1. The number of carbonyl (C=O) groups is 1. The summed E-state index contributed by atoms with van der Waals surface area (Å²) in [6.07, 6.45) is 4.99. The zero-order valence-electron chi connectivity index (χ0n) is 9.63. The summed E-state index contributed by atoms with van der Waals surface area (Å²) in [5, 5.41) is 8.78. The van der Waals surface area contributed by atoms with Crippen LogP contribution in [0.25, 0.3) is 0 Å². The Morgan fingerprint density at radius 1 is 1.29 bits per heavy atom. The lowest BCUT2D eigenvalue weighted by molar-refractivity contribution is -0.138. The molecule has 1 fully saturated rings. The third-order valence-electron chi connectivity index (χ3n) is 3.11. The average Bonchev–Trinajstić information content (AvgIpc) is 2.82. The predicted molar refractivity (Wildman–Crippen MR) is 63.9 cm³/mol. The molecule has 0 aromatic heterocycles. The summed E-state index contributed by atoms with van der Waals surface area (Å²) in [5.74, 6) is -0.229. The molecule has 0 amide bonds. The smallest absolute Gasteiger partial charge is 0.325 e. The third kappa shape index (κ3) is 2.97. The van der Waals surface area contributed by atoms with Crippen LogP contribution in [0.4, 0.5) is 0 Å². The lowest BCUT2D eigenvalue weighted by Gasteiger charge is -2.14. The predicted octanol–water partition coefficient (Wildman–Crippen LogP) is 2.09. The van der Waals surface area contributed by atoms with Gasteiger partial charge >= 0.3 is 5.97 Å². The normalized spacial score (nSPS) is 17.9. The van der Waals surface area contributed by atoms with Gasteiger partial charge in [-0.25, -0.2) is 0 Å². The fourth-order valence-electron chi connectivity index (χ4n) is 2.09. The van der Waals surface area contributed by atoms with Crippen molar-refractivity contribution < 1.29 is 14.6 Å². The van der Waals surface area contributed by atoms with Crippen molar-refractivity contribution in [1.82, 2.24) is 0 Å². The highest BCUT2D eigenvalue weighted by Crippen LogP contribution is 2.24. The first-order chi connectivity index (χ1) is 8.16. The molecule has 1 aliphatic rings. The molecule has 0 saturated heterocycles. The molecule has 3 N–H and O–H groups in total. The Bertz CT molecular complexity index is 382. The van der Waals surface area contributed by atoms with Gasteiger partial charge in [-0.05, 0) is 43.4 Å². The van der Waals surface area contributed by atoms with Crippen LogP contribution in [-0.2, 0) is 4.79 Å². The maximum atomic E-state index is 10.7. The summed E-state index contributed by atoms with van der Waals surface area (Å²) < 4.78 is 5.78. The van der Waals surface area contributed by atoms with E-state index in [4.69, 9.17) is 15.6 Å². The first kappa shape index (κ1) is 11.9. The number of aliphatic carboxylic acids is 1. The lowest BCUT2D eigenvalue weighted by Crippen LogP contribution is -2.20. The molecule has 4 nitrogen and oxygen atoms in total. The Hall–Kier alpha value is -1.55. The topological polar surface area (TPSA) is 72.6 Å². The van der Waals surface area contributed by atoms with Gasteiger partial charge in [-0.2, -0.15) is 0 Å². The summed E-state index contributed by atoms with van der Waals surface area (Å²) in [7, 11) is 0. The maximum Gasteiger partial charge on any atom is 0.325 e.